The summed E-state index contributed by atoms with van der Waals surface area (Å²) in [6.45, 7) is -0.798. The van der Waals surface area contributed by atoms with Gasteiger partial charge in [-0.2, -0.15) is 13.2 Å². The van der Waals surface area contributed by atoms with Crippen molar-refractivity contribution in [1.29, 1.82) is 0 Å². The van der Waals surface area contributed by atoms with Crippen molar-refractivity contribution in [2.75, 3.05) is 19.8 Å². The third-order valence-electron chi connectivity index (χ3n) is 2.27. The second kappa shape index (κ2) is 6.20. The predicted molar refractivity (Wildman–Crippen MR) is 50.1 cm³/mol. The number of rotatable bonds is 6. The number of ether oxygens (including phenoxy) is 2. The minimum atomic E-state index is -4.32. The fourth-order valence-electron chi connectivity index (χ4n) is 1.54. The van der Waals surface area contributed by atoms with E-state index in [9.17, 15) is 18.0 Å². The van der Waals surface area contributed by atoms with Gasteiger partial charge >= 0.3 is 6.18 Å². The molecule has 1 rings (SSSR count). The Bertz CT molecular complexity index is 222. The molecule has 0 amide bonds. The Labute approximate surface area is 91.9 Å². The summed E-state index contributed by atoms with van der Waals surface area (Å²) < 4.78 is 44.6. The summed E-state index contributed by atoms with van der Waals surface area (Å²) in [5, 5.41) is 0. The first kappa shape index (κ1) is 13.4. The van der Waals surface area contributed by atoms with Crippen LogP contribution in [0.1, 0.15) is 25.7 Å². The average Bonchev–Trinajstić information content (AvgIpc) is 2.63. The molecule has 0 aromatic heterocycles. The van der Waals surface area contributed by atoms with Crippen LogP contribution in [0.2, 0.25) is 0 Å². The van der Waals surface area contributed by atoms with Gasteiger partial charge in [0, 0.05) is 19.4 Å². The molecule has 1 heterocycles. The molecule has 1 atom stereocenters. The number of alkyl halides is 3. The van der Waals surface area contributed by atoms with Crippen molar-refractivity contribution in [2.45, 2.75) is 38.0 Å². The molecule has 0 N–H and O–H groups in total. The van der Waals surface area contributed by atoms with Crippen LogP contribution >= 0.6 is 0 Å². The van der Waals surface area contributed by atoms with Gasteiger partial charge in [-0.3, -0.25) is 4.79 Å². The molecule has 0 aromatic carbocycles. The van der Waals surface area contributed by atoms with Crippen molar-refractivity contribution in [2.24, 2.45) is 0 Å². The van der Waals surface area contributed by atoms with Crippen LogP contribution in [0.15, 0.2) is 0 Å². The van der Waals surface area contributed by atoms with Crippen LogP contribution in [-0.4, -0.2) is 37.9 Å². The molecule has 0 radical (unpaired) electrons. The molecule has 1 unspecified atom stereocenters. The smallest absolute Gasteiger partial charge is 0.378 e. The standard InChI is InChI=1S/C10H15F3O3/c11-10(12,13)7-15-5-3-8(14)6-9-2-1-4-16-9/h9H,1-7H2. The number of hydrogen-bond acceptors (Lipinski definition) is 3. The lowest BCUT2D eigenvalue weighted by Gasteiger charge is -2.09. The van der Waals surface area contributed by atoms with E-state index in [1.807, 2.05) is 0 Å². The SMILES string of the molecule is O=C(CCOCC(F)(F)F)CC1CCCO1. The highest BCUT2D eigenvalue weighted by Gasteiger charge is 2.27. The number of ketones is 1. The fourth-order valence-corrected chi connectivity index (χ4v) is 1.54. The number of halogens is 3. The molecule has 0 saturated carbocycles. The maximum absolute atomic E-state index is 11.7. The molecule has 0 spiro atoms. The highest BCUT2D eigenvalue weighted by Crippen LogP contribution is 2.17. The van der Waals surface area contributed by atoms with Gasteiger partial charge < -0.3 is 9.47 Å². The first-order chi connectivity index (χ1) is 7.47. The molecule has 6 heteroatoms. The molecule has 16 heavy (non-hydrogen) atoms. The van der Waals surface area contributed by atoms with Gasteiger partial charge in [-0.1, -0.05) is 0 Å². The second-order valence-corrected chi connectivity index (χ2v) is 3.80. The lowest BCUT2D eigenvalue weighted by Crippen LogP contribution is -2.19. The lowest BCUT2D eigenvalue weighted by atomic mass is 10.1. The number of hydrogen-bond donors (Lipinski definition) is 0. The number of carbonyl (C=O) groups is 1. The second-order valence-electron chi connectivity index (χ2n) is 3.80. The van der Waals surface area contributed by atoms with E-state index in [4.69, 9.17) is 4.74 Å². The zero-order valence-corrected chi connectivity index (χ0v) is 8.89. The van der Waals surface area contributed by atoms with Crippen molar-refractivity contribution in [3.05, 3.63) is 0 Å². The van der Waals surface area contributed by atoms with Gasteiger partial charge in [0.05, 0.1) is 12.7 Å². The van der Waals surface area contributed by atoms with Crippen LogP contribution in [0.3, 0.4) is 0 Å². The first-order valence-corrected chi connectivity index (χ1v) is 5.25. The topological polar surface area (TPSA) is 35.5 Å². The third kappa shape index (κ3) is 6.07. The minimum Gasteiger partial charge on any atom is -0.378 e. The Morgan fingerprint density at radius 3 is 2.75 bits per heavy atom. The summed E-state index contributed by atoms with van der Waals surface area (Å²) in [4.78, 5) is 11.3. The van der Waals surface area contributed by atoms with Gasteiger partial charge in [-0.05, 0) is 12.8 Å². The lowest BCUT2D eigenvalue weighted by molar-refractivity contribution is -0.174. The third-order valence-corrected chi connectivity index (χ3v) is 2.27. The van der Waals surface area contributed by atoms with Crippen LogP contribution < -0.4 is 0 Å². The summed E-state index contributed by atoms with van der Waals surface area (Å²) >= 11 is 0. The van der Waals surface area contributed by atoms with Gasteiger partial charge in [0.2, 0.25) is 0 Å². The van der Waals surface area contributed by atoms with E-state index in [2.05, 4.69) is 4.74 Å². The van der Waals surface area contributed by atoms with Gasteiger partial charge in [0.15, 0.2) is 0 Å². The van der Waals surface area contributed by atoms with E-state index >= 15 is 0 Å². The van der Waals surface area contributed by atoms with Gasteiger partial charge in [-0.15, -0.1) is 0 Å². The summed E-state index contributed by atoms with van der Waals surface area (Å²) in [5.74, 6) is -0.103. The summed E-state index contributed by atoms with van der Waals surface area (Å²) in [6.07, 6.45) is -2.25. The normalized spacial score (nSPS) is 21.3. The highest BCUT2D eigenvalue weighted by molar-refractivity contribution is 5.78. The molecule has 0 bridgehead atoms. The molecular formula is C10H15F3O3. The van der Waals surface area contributed by atoms with Crippen molar-refractivity contribution in [1.82, 2.24) is 0 Å². The average molecular weight is 240 g/mol. The molecular weight excluding hydrogens is 225 g/mol. The molecule has 1 fully saturated rings. The highest BCUT2D eigenvalue weighted by atomic mass is 19.4. The van der Waals surface area contributed by atoms with E-state index in [-0.39, 0.29) is 31.3 Å². The molecule has 1 aliphatic rings. The Hall–Kier alpha value is -0.620. The van der Waals surface area contributed by atoms with Gasteiger partial charge in [0.25, 0.3) is 0 Å². The number of Topliss-reactive ketones (excluding diaryl/α,β-unsaturated/α-hetero) is 1. The van der Waals surface area contributed by atoms with Crippen LogP contribution in [0.5, 0.6) is 0 Å². The summed E-state index contributed by atoms with van der Waals surface area (Å²) in [7, 11) is 0. The van der Waals surface area contributed by atoms with E-state index in [1.54, 1.807) is 0 Å². The number of carbonyl (C=O) groups excluding carboxylic acids is 1. The Balaban J connectivity index is 2.02. The zero-order valence-electron chi connectivity index (χ0n) is 8.89. The first-order valence-electron chi connectivity index (χ1n) is 5.25. The Kier molecular flexibility index (Phi) is 5.21. The molecule has 0 aromatic rings. The van der Waals surface area contributed by atoms with Crippen LogP contribution in [0.25, 0.3) is 0 Å². The van der Waals surface area contributed by atoms with Crippen molar-refractivity contribution in [3.63, 3.8) is 0 Å². The quantitative estimate of drug-likeness (QED) is 0.667. The van der Waals surface area contributed by atoms with E-state index in [0.717, 1.165) is 12.8 Å². The Morgan fingerprint density at radius 1 is 1.44 bits per heavy atom. The minimum absolute atomic E-state index is 0.0237. The molecule has 0 aliphatic carbocycles. The van der Waals surface area contributed by atoms with Crippen LogP contribution in [-0.2, 0) is 14.3 Å². The molecule has 1 saturated heterocycles. The zero-order chi connectivity index (χ0) is 12.0. The van der Waals surface area contributed by atoms with E-state index < -0.39 is 12.8 Å². The van der Waals surface area contributed by atoms with Crippen LogP contribution in [0.4, 0.5) is 13.2 Å². The van der Waals surface area contributed by atoms with Crippen molar-refractivity contribution in [3.8, 4) is 0 Å². The monoisotopic (exact) mass is 240 g/mol. The van der Waals surface area contributed by atoms with Crippen molar-refractivity contribution >= 4 is 5.78 Å². The van der Waals surface area contributed by atoms with Crippen LogP contribution in [0, 0.1) is 0 Å². The summed E-state index contributed by atoms with van der Waals surface area (Å²) in [5.41, 5.74) is 0. The fraction of sp³-hybridized carbons (Fsp3) is 0.900. The van der Waals surface area contributed by atoms with Crippen molar-refractivity contribution < 1.29 is 27.4 Å². The molecule has 3 nitrogen and oxygen atoms in total. The maximum Gasteiger partial charge on any atom is 0.411 e. The maximum atomic E-state index is 11.7. The van der Waals surface area contributed by atoms with E-state index in [0.29, 0.717) is 6.61 Å². The summed E-state index contributed by atoms with van der Waals surface area (Å²) in [6, 6.07) is 0. The molecule has 1 aliphatic heterocycles. The largest absolute Gasteiger partial charge is 0.411 e. The predicted octanol–water partition coefficient (Wildman–Crippen LogP) is 2.09. The van der Waals surface area contributed by atoms with Gasteiger partial charge in [0.1, 0.15) is 12.4 Å². The Morgan fingerprint density at radius 2 is 2.19 bits per heavy atom. The van der Waals surface area contributed by atoms with Gasteiger partial charge in [-0.25, -0.2) is 0 Å². The van der Waals surface area contributed by atoms with E-state index in [1.165, 1.54) is 0 Å². The molecule has 94 valence electrons.